The van der Waals surface area contributed by atoms with Gasteiger partial charge in [-0.25, -0.2) is 0 Å². The SMILES string of the molecule is CC(CCN)CCc1cc2c(cc1Br)OCCO2. The summed E-state index contributed by atoms with van der Waals surface area (Å²) in [7, 11) is 0. The maximum absolute atomic E-state index is 5.61. The van der Waals surface area contributed by atoms with E-state index in [-0.39, 0.29) is 0 Å². The highest BCUT2D eigenvalue weighted by Gasteiger charge is 2.15. The van der Waals surface area contributed by atoms with Crippen LogP contribution in [0.3, 0.4) is 0 Å². The van der Waals surface area contributed by atoms with Gasteiger partial charge in [0, 0.05) is 4.47 Å². The third kappa shape index (κ3) is 3.39. The summed E-state index contributed by atoms with van der Waals surface area (Å²) in [5.41, 5.74) is 6.85. The minimum Gasteiger partial charge on any atom is -0.486 e. The second-order valence-electron chi connectivity index (χ2n) is 4.81. The van der Waals surface area contributed by atoms with Crippen molar-refractivity contribution in [2.45, 2.75) is 26.2 Å². The van der Waals surface area contributed by atoms with Crippen molar-refractivity contribution in [2.75, 3.05) is 19.8 Å². The highest BCUT2D eigenvalue weighted by atomic mass is 79.9. The molecular formula is C14H20BrNO2. The van der Waals surface area contributed by atoms with E-state index in [1.807, 2.05) is 6.07 Å². The molecule has 0 saturated carbocycles. The number of aryl methyl sites for hydroxylation is 1. The van der Waals surface area contributed by atoms with Crippen LogP contribution in [0.1, 0.15) is 25.3 Å². The van der Waals surface area contributed by atoms with Crippen molar-refractivity contribution in [1.82, 2.24) is 0 Å². The Morgan fingerprint density at radius 1 is 1.22 bits per heavy atom. The Bertz CT molecular complexity index is 409. The van der Waals surface area contributed by atoms with Crippen molar-refractivity contribution in [3.8, 4) is 11.5 Å². The summed E-state index contributed by atoms with van der Waals surface area (Å²) in [6, 6.07) is 4.10. The zero-order valence-corrected chi connectivity index (χ0v) is 12.3. The first kappa shape index (κ1) is 13.7. The lowest BCUT2D eigenvalue weighted by atomic mass is 9.98. The molecule has 2 rings (SSSR count). The van der Waals surface area contributed by atoms with Crippen molar-refractivity contribution in [1.29, 1.82) is 0 Å². The molecule has 4 heteroatoms. The lowest BCUT2D eigenvalue weighted by Gasteiger charge is -2.20. The fraction of sp³-hybridized carbons (Fsp3) is 0.571. The van der Waals surface area contributed by atoms with Crippen LogP contribution in [0, 0.1) is 5.92 Å². The number of rotatable bonds is 5. The lowest BCUT2D eigenvalue weighted by molar-refractivity contribution is 0.171. The monoisotopic (exact) mass is 313 g/mol. The van der Waals surface area contributed by atoms with Crippen LogP contribution >= 0.6 is 15.9 Å². The quantitative estimate of drug-likeness (QED) is 0.908. The van der Waals surface area contributed by atoms with Gasteiger partial charge in [0.05, 0.1) is 0 Å². The molecular weight excluding hydrogens is 294 g/mol. The third-order valence-corrected chi connectivity index (χ3v) is 4.02. The molecule has 1 atom stereocenters. The molecule has 3 nitrogen and oxygen atoms in total. The Hall–Kier alpha value is -0.740. The van der Waals surface area contributed by atoms with Crippen molar-refractivity contribution in [3.63, 3.8) is 0 Å². The highest BCUT2D eigenvalue weighted by Crippen LogP contribution is 2.36. The van der Waals surface area contributed by atoms with E-state index in [1.54, 1.807) is 0 Å². The average molecular weight is 314 g/mol. The zero-order chi connectivity index (χ0) is 13.0. The summed E-state index contributed by atoms with van der Waals surface area (Å²) in [5, 5.41) is 0. The molecule has 2 N–H and O–H groups in total. The summed E-state index contributed by atoms with van der Waals surface area (Å²) in [6.45, 7) is 4.28. The molecule has 1 unspecified atom stereocenters. The van der Waals surface area contributed by atoms with Gasteiger partial charge < -0.3 is 15.2 Å². The van der Waals surface area contributed by atoms with Gasteiger partial charge >= 0.3 is 0 Å². The number of fused-ring (bicyclic) bond motifs is 1. The van der Waals surface area contributed by atoms with Crippen LogP contribution in [0.5, 0.6) is 11.5 Å². The standard InChI is InChI=1S/C14H20BrNO2/c1-10(4-5-16)2-3-11-8-13-14(9-12(11)15)18-7-6-17-13/h8-10H,2-7,16H2,1H3. The van der Waals surface area contributed by atoms with Gasteiger partial charge in [0.25, 0.3) is 0 Å². The lowest BCUT2D eigenvalue weighted by Crippen LogP contribution is -2.15. The Morgan fingerprint density at radius 3 is 2.56 bits per heavy atom. The fourth-order valence-electron chi connectivity index (χ4n) is 2.13. The minimum atomic E-state index is 0.631. The van der Waals surface area contributed by atoms with E-state index in [9.17, 15) is 0 Å². The first-order valence-corrected chi connectivity index (χ1v) is 7.28. The highest BCUT2D eigenvalue weighted by molar-refractivity contribution is 9.10. The van der Waals surface area contributed by atoms with Crippen LogP contribution in [0.2, 0.25) is 0 Å². The molecule has 1 aromatic carbocycles. The van der Waals surface area contributed by atoms with Crippen molar-refractivity contribution in [3.05, 3.63) is 22.2 Å². The van der Waals surface area contributed by atoms with Crippen molar-refractivity contribution in [2.24, 2.45) is 11.7 Å². The number of nitrogens with two attached hydrogens (primary N) is 1. The Balaban J connectivity index is 2.04. The number of halogens is 1. The number of ether oxygens (including phenoxy) is 2. The predicted octanol–water partition coefficient (Wildman–Crippen LogP) is 3.14. The number of benzene rings is 1. The second-order valence-corrected chi connectivity index (χ2v) is 5.66. The van der Waals surface area contributed by atoms with Crippen LogP contribution in [0.15, 0.2) is 16.6 Å². The van der Waals surface area contributed by atoms with Gasteiger partial charge in [-0.05, 0) is 49.4 Å². The average Bonchev–Trinajstić information content (AvgIpc) is 2.36. The van der Waals surface area contributed by atoms with E-state index in [1.165, 1.54) is 5.56 Å². The third-order valence-electron chi connectivity index (χ3n) is 3.28. The first-order valence-electron chi connectivity index (χ1n) is 6.48. The molecule has 18 heavy (non-hydrogen) atoms. The van der Waals surface area contributed by atoms with Gasteiger partial charge in [-0.15, -0.1) is 0 Å². The molecule has 1 aromatic rings. The van der Waals surface area contributed by atoms with Crippen LogP contribution in [-0.4, -0.2) is 19.8 Å². The van der Waals surface area contributed by atoms with Crippen LogP contribution in [-0.2, 0) is 6.42 Å². The summed E-state index contributed by atoms with van der Waals surface area (Å²) < 4.78 is 12.3. The molecule has 0 aromatic heterocycles. The summed E-state index contributed by atoms with van der Waals surface area (Å²) >= 11 is 3.60. The topological polar surface area (TPSA) is 44.5 Å². The van der Waals surface area contributed by atoms with Gasteiger partial charge in [-0.2, -0.15) is 0 Å². The zero-order valence-electron chi connectivity index (χ0n) is 10.7. The van der Waals surface area contributed by atoms with Crippen LogP contribution in [0.25, 0.3) is 0 Å². The summed E-state index contributed by atoms with van der Waals surface area (Å²) in [5.74, 6) is 2.37. The van der Waals surface area contributed by atoms with E-state index >= 15 is 0 Å². The maximum Gasteiger partial charge on any atom is 0.162 e. The van der Waals surface area contributed by atoms with Gasteiger partial charge in [0.15, 0.2) is 11.5 Å². The summed E-state index contributed by atoms with van der Waals surface area (Å²) in [6.07, 6.45) is 3.27. The molecule has 1 heterocycles. The van der Waals surface area contributed by atoms with E-state index in [0.29, 0.717) is 19.1 Å². The predicted molar refractivity (Wildman–Crippen MR) is 76.3 cm³/mol. The van der Waals surface area contributed by atoms with Gasteiger partial charge in [-0.1, -0.05) is 22.9 Å². The van der Waals surface area contributed by atoms with Gasteiger partial charge in [0.2, 0.25) is 0 Å². The van der Waals surface area contributed by atoms with Gasteiger partial charge in [0.1, 0.15) is 13.2 Å². The molecule has 1 aliphatic heterocycles. The first-order chi connectivity index (χ1) is 8.70. The second kappa shape index (κ2) is 6.43. The van der Waals surface area contributed by atoms with Crippen LogP contribution in [0.4, 0.5) is 0 Å². The van der Waals surface area contributed by atoms with E-state index in [2.05, 4.69) is 28.9 Å². The van der Waals surface area contributed by atoms with Crippen molar-refractivity contribution < 1.29 is 9.47 Å². The Morgan fingerprint density at radius 2 is 1.89 bits per heavy atom. The van der Waals surface area contributed by atoms with E-state index in [4.69, 9.17) is 15.2 Å². The Kier molecular flexibility index (Phi) is 4.89. The maximum atomic E-state index is 5.61. The molecule has 100 valence electrons. The molecule has 0 spiro atoms. The van der Waals surface area contributed by atoms with Gasteiger partial charge in [-0.3, -0.25) is 0 Å². The molecule has 0 amide bonds. The van der Waals surface area contributed by atoms with E-state index in [0.717, 1.165) is 41.8 Å². The molecule has 0 fully saturated rings. The van der Waals surface area contributed by atoms with E-state index < -0.39 is 0 Å². The molecule has 0 saturated heterocycles. The smallest absolute Gasteiger partial charge is 0.162 e. The molecule has 0 bridgehead atoms. The summed E-state index contributed by atoms with van der Waals surface area (Å²) in [4.78, 5) is 0. The largest absolute Gasteiger partial charge is 0.486 e. The fourth-order valence-corrected chi connectivity index (χ4v) is 2.65. The Labute approximate surface area is 117 Å². The molecule has 0 aliphatic carbocycles. The van der Waals surface area contributed by atoms with Crippen LogP contribution < -0.4 is 15.2 Å². The molecule has 1 aliphatic rings. The molecule has 0 radical (unpaired) electrons. The number of hydrogen-bond acceptors (Lipinski definition) is 3. The normalized spacial score (nSPS) is 15.5. The van der Waals surface area contributed by atoms with Crippen molar-refractivity contribution >= 4 is 15.9 Å². The number of hydrogen-bond donors (Lipinski definition) is 1. The minimum absolute atomic E-state index is 0.631.